The van der Waals surface area contributed by atoms with E-state index in [4.69, 9.17) is 10.00 Å². The molecule has 1 saturated heterocycles. The molecule has 0 bridgehead atoms. The zero-order valence-electron chi connectivity index (χ0n) is 14.6. The van der Waals surface area contributed by atoms with Gasteiger partial charge < -0.3 is 15.0 Å². The summed E-state index contributed by atoms with van der Waals surface area (Å²) in [5.41, 5.74) is 1.30. The van der Waals surface area contributed by atoms with Crippen molar-refractivity contribution in [3.05, 3.63) is 58.1 Å². The summed E-state index contributed by atoms with van der Waals surface area (Å²) in [6.45, 7) is 1.53. The number of carbonyl (C=O) groups excluding carboxylic acids is 1. The molecule has 1 aliphatic heterocycles. The number of ether oxygens (including phenoxy) is 1. The van der Waals surface area contributed by atoms with Crippen LogP contribution in [0.4, 0.5) is 17.1 Å². The predicted octanol–water partition coefficient (Wildman–Crippen LogP) is 3.35. The highest BCUT2D eigenvalue weighted by Crippen LogP contribution is 2.29. The molecule has 2 aromatic carbocycles. The van der Waals surface area contributed by atoms with Crippen molar-refractivity contribution in [1.29, 1.82) is 5.26 Å². The highest BCUT2D eigenvalue weighted by molar-refractivity contribution is 6.08. The van der Waals surface area contributed by atoms with Crippen molar-refractivity contribution in [2.75, 3.05) is 29.9 Å². The Morgan fingerprint density at radius 1 is 1.26 bits per heavy atom. The van der Waals surface area contributed by atoms with Crippen LogP contribution in [0, 0.1) is 21.4 Å². The average Bonchev–Trinajstić information content (AvgIpc) is 3.20. The van der Waals surface area contributed by atoms with Gasteiger partial charge >= 0.3 is 0 Å². The van der Waals surface area contributed by atoms with E-state index >= 15 is 0 Å². The largest absolute Gasteiger partial charge is 0.479 e. The predicted molar refractivity (Wildman–Crippen MR) is 100 cm³/mol. The first-order valence-electron chi connectivity index (χ1n) is 8.53. The van der Waals surface area contributed by atoms with Crippen LogP contribution in [-0.2, 0) is 0 Å². The summed E-state index contributed by atoms with van der Waals surface area (Å²) < 4.78 is 5.23. The second-order valence-corrected chi connectivity index (χ2v) is 6.08. The number of benzene rings is 2. The van der Waals surface area contributed by atoms with Gasteiger partial charge in [0.1, 0.15) is 11.8 Å². The lowest BCUT2D eigenvalue weighted by Gasteiger charge is -2.21. The molecule has 1 heterocycles. The summed E-state index contributed by atoms with van der Waals surface area (Å²) in [6.07, 6.45) is 2.05. The van der Waals surface area contributed by atoms with E-state index in [1.165, 1.54) is 12.1 Å². The van der Waals surface area contributed by atoms with Crippen LogP contribution in [0.2, 0.25) is 0 Å². The molecule has 0 saturated carbocycles. The van der Waals surface area contributed by atoms with E-state index in [9.17, 15) is 14.9 Å². The van der Waals surface area contributed by atoms with Crippen LogP contribution in [-0.4, -0.2) is 30.5 Å². The van der Waals surface area contributed by atoms with Crippen LogP contribution in [0.5, 0.6) is 5.75 Å². The standard InChI is InChI=1S/C19H18N4O4/c20-8-11-27-16-5-3-4-14(12-16)21-19(24)17-13-15(23(25)26)6-7-18(17)22-9-1-2-10-22/h3-7,12-13H,1-2,9-11H2,(H,21,24). The van der Waals surface area contributed by atoms with Crippen molar-refractivity contribution in [2.45, 2.75) is 12.8 Å². The van der Waals surface area contributed by atoms with Gasteiger partial charge in [0.15, 0.2) is 6.61 Å². The number of hydrogen-bond donors (Lipinski definition) is 1. The Bertz CT molecular complexity index is 901. The molecule has 2 aromatic rings. The first kappa shape index (κ1) is 18.2. The molecule has 3 rings (SSSR count). The Morgan fingerprint density at radius 2 is 2.04 bits per heavy atom. The van der Waals surface area contributed by atoms with Crippen LogP contribution in [0.15, 0.2) is 42.5 Å². The Hall–Kier alpha value is -3.60. The van der Waals surface area contributed by atoms with Crippen LogP contribution < -0.4 is 15.0 Å². The van der Waals surface area contributed by atoms with Crippen LogP contribution >= 0.6 is 0 Å². The Balaban J connectivity index is 1.87. The lowest BCUT2D eigenvalue weighted by atomic mass is 10.1. The molecule has 0 unspecified atom stereocenters. The van der Waals surface area contributed by atoms with E-state index in [2.05, 4.69) is 10.2 Å². The number of nitro benzene ring substituents is 1. The lowest BCUT2D eigenvalue weighted by Crippen LogP contribution is -2.23. The number of anilines is 2. The SMILES string of the molecule is N#CCOc1cccc(NC(=O)c2cc([N+](=O)[O-])ccc2N2CCCC2)c1. The molecular formula is C19H18N4O4. The average molecular weight is 366 g/mol. The number of nitro groups is 1. The van der Waals surface area contributed by atoms with Crippen molar-refractivity contribution < 1.29 is 14.5 Å². The number of non-ortho nitro benzene ring substituents is 1. The van der Waals surface area contributed by atoms with Gasteiger partial charge in [-0.15, -0.1) is 0 Å². The van der Waals surface area contributed by atoms with Gasteiger partial charge in [-0.1, -0.05) is 6.07 Å². The Labute approximate surface area is 156 Å². The number of rotatable bonds is 6. The van der Waals surface area contributed by atoms with Crippen LogP contribution in [0.25, 0.3) is 0 Å². The van der Waals surface area contributed by atoms with Crippen molar-refractivity contribution in [1.82, 2.24) is 0 Å². The first-order chi connectivity index (χ1) is 13.1. The maximum atomic E-state index is 12.8. The molecular weight excluding hydrogens is 348 g/mol. The minimum atomic E-state index is -0.513. The summed E-state index contributed by atoms with van der Waals surface area (Å²) in [6, 6.07) is 12.9. The molecule has 0 spiro atoms. The highest BCUT2D eigenvalue weighted by atomic mass is 16.6. The molecule has 1 N–H and O–H groups in total. The van der Waals surface area contributed by atoms with Gasteiger partial charge in [-0.2, -0.15) is 5.26 Å². The van der Waals surface area contributed by atoms with Gasteiger partial charge in [0.25, 0.3) is 11.6 Å². The fourth-order valence-electron chi connectivity index (χ4n) is 3.03. The third-order valence-electron chi connectivity index (χ3n) is 4.28. The summed E-state index contributed by atoms with van der Waals surface area (Å²) in [5, 5.41) is 22.5. The first-order valence-corrected chi connectivity index (χ1v) is 8.53. The summed E-state index contributed by atoms with van der Waals surface area (Å²) in [5.74, 6) is 0.0196. The van der Waals surface area contributed by atoms with Gasteiger partial charge in [0.2, 0.25) is 0 Å². The van der Waals surface area contributed by atoms with Gasteiger partial charge in [0, 0.05) is 37.0 Å². The summed E-state index contributed by atoms with van der Waals surface area (Å²) in [7, 11) is 0. The molecule has 138 valence electrons. The molecule has 1 fully saturated rings. The minimum absolute atomic E-state index is 0.0958. The maximum Gasteiger partial charge on any atom is 0.270 e. The van der Waals surface area contributed by atoms with Crippen molar-refractivity contribution in [3.63, 3.8) is 0 Å². The molecule has 0 radical (unpaired) electrons. The number of hydrogen-bond acceptors (Lipinski definition) is 6. The van der Waals surface area contributed by atoms with E-state index in [1.54, 1.807) is 30.3 Å². The zero-order valence-corrected chi connectivity index (χ0v) is 14.6. The number of nitriles is 1. The Morgan fingerprint density at radius 3 is 2.74 bits per heavy atom. The highest BCUT2D eigenvalue weighted by Gasteiger charge is 2.22. The zero-order chi connectivity index (χ0) is 19.2. The number of carbonyl (C=O) groups is 1. The van der Waals surface area contributed by atoms with E-state index in [0.717, 1.165) is 25.9 Å². The number of nitrogens with one attached hydrogen (secondary N) is 1. The van der Waals surface area contributed by atoms with Gasteiger partial charge in [-0.05, 0) is 31.0 Å². The molecule has 1 aliphatic rings. The normalized spacial score (nSPS) is 13.1. The fraction of sp³-hybridized carbons (Fsp3) is 0.263. The molecule has 1 amide bonds. The lowest BCUT2D eigenvalue weighted by molar-refractivity contribution is -0.384. The molecule has 8 nitrogen and oxygen atoms in total. The number of nitrogens with zero attached hydrogens (tertiary/aromatic N) is 3. The number of amides is 1. The molecule has 8 heteroatoms. The maximum absolute atomic E-state index is 12.8. The van der Waals surface area contributed by atoms with Crippen molar-refractivity contribution >= 4 is 23.0 Å². The fourth-order valence-corrected chi connectivity index (χ4v) is 3.03. The smallest absolute Gasteiger partial charge is 0.270 e. The molecule has 0 atom stereocenters. The van der Waals surface area contributed by atoms with Crippen LogP contribution in [0.1, 0.15) is 23.2 Å². The summed E-state index contributed by atoms with van der Waals surface area (Å²) in [4.78, 5) is 25.5. The second kappa shape index (κ2) is 8.19. The van der Waals surface area contributed by atoms with Crippen molar-refractivity contribution in [3.8, 4) is 11.8 Å². The van der Waals surface area contributed by atoms with Crippen LogP contribution in [0.3, 0.4) is 0 Å². The second-order valence-electron chi connectivity index (χ2n) is 6.08. The molecule has 0 aromatic heterocycles. The van der Waals surface area contributed by atoms with E-state index in [0.29, 0.717) is 17.1 Å². The third-order valence-corrected chi connectivity index (χ3v) is 4.28. The van der Waals surface area contributed by atoms with Gasteiger partial charge in [-0.3, -0.25) is 14.9 Å². The van der Waals surface area contributed by atoms with Gasteiger partial charge in [0.05, 0.1) is 16.2 Å². The third kappa shape index (κ3) is 4.33. The van der Waals surface area contributed by atoms with Gasteiger partial charge in [-0.25, -0.2) is 0 Å². The van der Waals surface area contributed by atoms with E-state index in [1.807, 2.05) is 6.07 Å². The van der Waals surface area contributed by atoms with E-state index in [-0.39, 0.29) is 17.9 Å². The minimum Gasteiger partial charge on any atom is -0.479 e. The molecule has 0 aliphatic carbocycles. The topological polar surface area (TPSA) is 108 Å². The van der Waals surface area contributed by atoms with E-state index < -0.39 is 10.8 Å². The monoisotopic (exact) mass is 366 g/mol. The quantitative estimate of drug-likeness (QED) is 0.620. The summed E-state index contributed by atoms with van der Waals surface area (Å²) >= 11 is 0. The Kier molecular flexibility index (Phi) is 5.52. The molecule has 27 heavy (non-hydrogen) atoms. The van der Waals surface area contributed by atoms with Crippen molar-refractivity contribution in [2.24, 2.45) is 0 Å².